The normalized spacial score (nSPS) is 11.6. The van der Waals surface area contributed by atoms with Crippen LogP contribution in [0.15, 0.2) is 41.8 Å². The molecule has 0 fully saturated rings. The van der Waals surface area contributed by atoms with Crippen LogP contribution < -0.4 is 4.90 Å². The van der Waals surface area contributed by atoms with Gasteiger partial charge in [0, 0.05) is 31.5 Å². The second kappa shape index (κ2) is 11.7. The van der Waals surface area contributed by atoms with Crippen LogP contribution >= 0.6 is 11.3 Å². The maximum absolute atomic E-state index is 12.8. The minimum Gasteiger partial charge on any atom is -0.459 e. The first kappa shape index (κ1) is 26.2. The van der Waals surface area contributed by atoms with Gasteiger partial charge in [0.15, 0.2) is 5.13 Å². The number of rotatable bonds is 9. The van der Waals surface area contributed by atoms with E-state index in [0.29, 0.717) is 23.9 Å². The van der Waals surface area contributed by atoms with E-state index < -0.39 is 11.6 Å². The third-order valence-electron chi connectivity index (χ3n) is 4.30. The van der Waals surface area contributed by atoms with Gasteiger partial charge in [-0.1, -0.05) is 18.2 Å². The number of carbonyl (C=O) groups excluding carboxylic acids is 3. The molecule has 0 aliphatic heterocycles. The Morgan fingerprint density at radius 3 is 2.33 bits per heavy atom. The smallest absolute Gasteiger partial charge is 0.326 e. The second-order valence-electron chi connectivity index (χ2n) is 8.73. The molecule has 0 saturated heterocycles. The van der Waals surface area contributed by atoms with Crippen LogP contribution in [0.2, 0.25) is 0 Å². The highest BCUT2D eigenvalue weighted by atomic mass is 32.1. The van der Waals surface area contributed by atoms with E-state index in [0.717, 1.165) is 5.69 Å². The zero-order chi connectivity index (χ0) is 24.6. The van der Waals surface area contributed by atoms with E-state index in [1.807, 2.05) is 49.3 Å². The lowest BCUT2D eigenvalue weighted by atomic mass is 10.2. The monoisotopic (exact) mass is 472 g/mol. The number of ether oxygens (including phenoxy) is 1. The quantitative estimate of drug-likeness (QED) is 0.410. The molecule has 2 amide bonds. The molecule has 33 heavy (non-hydrogen) atoms. The van der Waals surface area contributed by atoms with Gasteiger partial charge in [-0.15, -0.1) is 11.3 Å². The molecule has 0 atom stereocenters. The summed E-state index contributed by atoms with van der Waals surface area (Å²) in [7, 11) is 3.80. The van der Waals surface area contributed by atoms with Crippen LogP contribution in [-0.4, -0.2) is 71.9 Å². The molecule has 0 bridgehead atoms. The van der Waals surface area contributed by atoms with E-state index in [9.17, 15) is 14.4 Å². The molecule has 0 aliphatic carbocycles. The Balaban J connectivity index is 2.14. The van der Waals surface area contributed by atoms with Gasteiger partial charge in [0.1, 0.15) is 12.1 Å². The molecule has 1 aromatic heterocycles. The highest BCUT2D eigenvalue weighted by molar-refractivity contribution is 7.14. The van der Waals surface area contributed by atoms with Crippen molar-refractivity contribution in [3.05, 3.63) is 47.5 Å². The predicted octanol–water partition coefficient (Wildman–Crippen LogP) is 3.57. The van der Waals surface area contributed by atoms with Gasteiger partial charge in [-0.2, -0.15) is 0 Å². The molecular weight excluding hydrogens is 440 g/mol. The topological polar surface area (TPSA) is 83.1 Å². The van der Waals surface area contributed by atoms with Crippen LogP contribution in [0.1, 0.15) is 33.4 Å². The van der Waals surface area contributed by atoms with E-state index in [1.165, 1.54) is 34.1 Å². The molecule has 1 aromatic carbocycles. The minimum absolute atomic E-state index is 0.136. The maximum Gasteiger partial charge on any atom is 0.326 e. The van der Waals surface area contributed by atoms with Crippen molar-refractivity contribution in [3.8, 4) is 0 Å². The van der Waals surface area contributed by atoms with Gasteiger partial charge in [-0.3, -0.25) is 19.3 Å². The number of hydrogen-bond donors (Lipinski definition) is 0. The number of carbonyl (C=O) groups is 3. The summed E-state index contributed by atoms with van der Waals surface area (Å²) in [6.07, 6.45) is 2.98. The molecule has 0 N–H and O–H groups in total. The minimum atomic E-state index is -0.623. The number of esters is 1. The average molecular weight is 473 g/mol. The van der Waals surface area contributed by atoms with Crippen molar-refractivity contribution in [3.63, 3.8) is 0 Å². The number of anilines is 2. The molecular formula is C24H32N4O4S. The first-order chi connectivity index (χ1) is 15.5. The zero-order valence-electron chi connectivity index (χ0n) is 20.1. The SMILES string of the molecule is CC(=O)N(c1ccccc1)c1nc(/C=C/C(=O)N(CCN(C)C)CC(=O)OC(C)(C)C)cs1. The van der Waals surface area contributed by atoms with Crippen LogP contribution in [0, 0.1) is 0 Å². The number of nitrogens with zero attached hydrogens (tertiary/aromatic N) is 4. The first-order valence-corrected chi connectivity index (χ1v) is 11.5. The van der Waals surface area contributed by atoms with Gasteiger partial charge in [-0.25, -0.2) is 4.98 Å². The average Bonchev–Trinajstić information content (AvgIpc) is 3.16. The van der Waals surface area contributed by atoms with Crippen molar-refractivity contribution >= 4 is 46.0 Å². The van der Waals surface area contributed by atoms with Crippen molar-refractivity contribution in [2.24, 2.45) is 0 Å². The van der Waals surface area contributed by atoms with E-state index in [4.69, 9.17) is 4.74 Å². The van der Waals surface area contributed by atoms with Crippen molar-refractivity contribution < 1.29 is 19.1 Å². The summed E-state index contributed by atoms with van der Waals surface area (Å²) in [6, 6.07) is 9.25. The summed E-state index contributed by atoms with van der Waals surface area (Å²) in [4.78, 5) is 46.7. The van der Waals surface area contributed by atoms with Crippen LogP contribution in [0.3, 0.4) is 0 Å². The number of amides is 2. The Morgan fingerprint density at radius 2 is 1.76 bits per heavy atom. The van der Waals surface area contributed by atoms with E-state index in [-0.39, 0.29) is 18.4 Å². The van der Waals surface area contributed by atoms with Crippen molar-refractivity contribution in [1.82, 2.24) is 14.8 Å². The molecule has 2 rings (SSSR count). The Labute approximate surface area is 199 Å². The van der Waals surface area contributed by atoms with Crippen molar-refractivity contribution in [1.29, 1.82) is 0 Å². The summed E-state index contributed by atoms with van der Waals surface area (Å²) in [5.41, 5.74) is 0.648. The Bertz CT molecular complexity index is 980. The molecule has 8 nitrogen and oxygen atoms in total. The highest BCUT2D eigenvalue weighted by Crippen LogP contribution is 2.29. The number of aromatic nitrogens is 1. The number of hydrogen-bond acceptors (Lipinski definition) is 7. The number of benzene rings is 1. The van der Waals surface area contributed by atoms with Gasteiger partial charge < -0.3 is 14.5 Å². The Hall–Kier alpha value is -3.04. The molecule has 0 saturated carbocycles. The number of thiazole rings is 1. The van der Waals surface area contributed by atoms with Crippen molar-refractivity contribution in [2.75, 3.05) is 38.6 Å². The van der Waals surface area contributed by atoms with E-state index in [2.05, 4.69) is 4.98 Å². The fraction of sp³-hybridized carbons (Fsp3) is 0.417. The largest absolute Gasteiger partial charge is 0.459 e. The van der Waals surface area contributed by atoms with Gasteiger partial charge in [-0.05, 0) is 53.1 Å². The van der Waals surface area contributed by atoms with E-state index in [1.54, 1.807) is 32.2 Å². The fourth-order valence-corrected chi connectivity index (χ4v) is 3.69. The molecule has 9 heteroatoms. The fourth-order valence-electron chi connectivity index (χ4n) is 2.84. The molecule has 0 spiro atoms. The third-order valence-corrected chi connectivity index (χ3v) is 5.14. The second-order valence-corrected chi connectivity index (χ2v) is 9.56. The van der Waals surface area contributed by atoms with Crippen molar-refractivity contribution in [2.45, 2.75) is 33.3 Å². The Morgan fingerprint density at radius 1 is 1.09 bits per heavy atom. The zero-order valence-corrected chi connectivity index (χ0v) is 20.9. The lowest BCUT2D eigenvalue weighted by Crippen LogP contribution is -2.41. The predicted molar refractivity (Wildman–Crippen MR) is 131 cm³/mol. The summed E-state index contributed by atoms with van der Waals surface area (Å²) in [5, 5.41) is 2.29. The highest BCUT2D eigenvalue weighted by Gasteiger charge is 2.21. The van der Waals surface area contributed by atoms with Crippen LogP contribution in [0.25, 0.3) is 6.08 Å². The lowest BCUT2D eigenvalue weighted by molar-refractivity contribution is -0.158. The van der Waals surface area contributed by atoms with Crippen LogP contribution in [0.5, 0.6) is 0 Å². The van der Waals surface area contributed by atoms with Gasteiger partial charge in [0.2, 0.25) is 11.8 Å². The van der Waals surface area contributed by atoms with Gasteiger partial charge in [0.25, 0.3) is 0 Å². The molecule has 0 unspecified atom stereocenters. The van der Waals surface area contributed by atoms with Crippen LogP contribution in [0.4, 0.5) is 10.8 Å². The summed E-state index contributed by atoms with van der Waals surface area (Å²) >= 11 is 1.31. The molecule has 0 radical (unpaired) electrons. The first-order valence-electron chi connectivity index (χ1n) is 10.6. The number of para-hydroxylation sites is 1. The number of likely N-dealkylation sites (N-methyl/N-ethyl adjacent to an activating group) is 1. The molecule has 178 valence electrons. The molecule has 1 heterocycles. The third kappa shape index (κ3) is 8.78. The van der Waals surface area contributed by atoms with Crippen LogP contribution in [-0.2, 0) is 19.1 Å². The van der Waals surface area contributed by atoms with Gasteiger partial charge >= 0.3 is 5.97 Å². The molecule has 2 aromatic rings. The summed E-state index contributed by atoms with van der Waals surface area (Å²) in [5.74, 6) is -0.933. The lowest BCUT2D eigenvalue weighted by Gasteiger charge is -2.25. The maximum atomic E-state index is 12.8. The summed E-state index contributed by atoms with van der Waals surface area (Å²) in [6.45, 7) is 7.69. The van der Waals surface area contributed by atoms with Gasteiger partial charge in [0.05, 0.1) is 11.4 Å². The van der Waals surface area contributed by atoms with E-state index >= 15 is 0 Å². The standard InChI is InChI=1S/C24H32N4O4S/c1-18(29)28(20-10-8-7-9-11-20)23-25-19(17-33-23)12-13-21(30)27(15-14-26(5)6)16-22(31)32-24(2,3)4/h7-13,17H,14-16H2,1-6H3/b13-12+. The molecule has 0 aliphatic rings. The summed E-state index contributed by atoms with van der Waals surface area (Å²) < 4.78 is 5.36. The Kier molecular flexibility index (Phi) is 9.31.